The Morgan fingerprint density at radius 1 is 0.861 bits per heavy atom. The Balaban J connectivity index is 1.61. The molecule has 0 aliphatic carbocycles. The van der Waals surface area contributed by atoms with Gasteiger partial charge in [0.15, 0.2) is 0 Å². The number of hydrogen-bond donors (Lipinski definition) is 2. The molecule has 0 bridgehead atoms. The molecule has 9 nitrogen and oxygen atoms in total. The third kappa shape index (κ3) is 7.67. The van der Waals surface area contributed by atoms with Gasteiger partial charge in [0.2, 0.25) is 0 Å². The number of carbonyl (C=O) groups is 3. The molecule has 0 aliphatic rings. The van der Waals surface area contributed by atoms with Gasteiger partial charge in [-0.2, -0.15) is 5.10 Å². The van der Waals surface area contributed by atoms with Gasteiger partial charge in [-0.25, -0.2) is 10.2 Å². The van der Waals surface area contributed by atoms with Crippen molar-refractivity contribution in [3.05, 3.63) is 82.3 Å². The topological polar surface area (TPSA) is 115 Å². The maximum atomic E-state index is 12.6. The molecular weight excluding hydrogens is 530 g/mol. The summed E-state index contributed by atoms with van der Waals surface area (Å²) < 4.78 is 16.9. The van der Waals surface area contributed by atoms with E-state index >= 15 is 0 Å². The highest BCUT2D eigenvalue weighted by atomic mass is 79.9. The molecule has 2 amide bonds. The third-order valence-corrected chi connectivity index (χ3v) is 5.07. The molecule has 0 saturated carbocycles. The zero-order valence-electron chi connectivity index (χ0n) is 19.6. The van der Waals surface area contributed by atoms with Crippen LogP contribution in [0, 0.1) is 0 Å². The van der Waals surface area contributed by atoms with Gasteiger partial charge in [0.25, 0.3) is 0 Å². The number of amides is 2. The molecule has 3 rings (SSSR count). The molecule has 0 heterocycles. The molecule has 36 heavy (non-hydrogen) atoms. The van der Waals surface area contributed by atoms with Crippen molar-refractivity contribution in [1.29, 1.82) is 0 Å². The van der Waals surface area contributed by atoms with Crippen molar-refractivity contribution in [3.8, 4) is 17.2 Å². The smallest absolute Gasteiger partial charge is 0.343 e. The molecule has 0 aliphatic heterocycles. The van der Waals surface area contributed by atoms with Crippen molar-refractivity contribution < 1.29 is 28.6 Å². The van der Waals surface area contributed by atoms with Crippen molar-refractivity contribution in [2.24, 2.45) is 5.10 Å². The lowest BCUT2D eigenvalue weighted by Crippen LogP contribution is -2.32. The summed E-state index contributed by atoms with van der Waals surface area (Å²) in [6.45, 7) is 4.77. The Kier molecular flexibility index (Phi) is 9.58. The molecule has 186 valence electrons. The highest BCUT2D eigenvalue weighted by molar-refractivity contribution is 9.10. The fourth-order valence-corrected chi connectivity index (χ4v) is 3.30. The number of carbonyl (C=O) groups excluding carboxylic acids is 3. The number of hydrazone groups is 1. The highest BCUT2D eigenvalue weighted by Gasteiger charge is 2.14. The number of rotatable bonds is 9. The van der Waals surface area contributed by atoms with Crippen LogP contribution in [0.2, 0.25) is 0 Å². The lowest BCUT2D eigenvalue weighted by Gasteiger charge is -2.09. The molecule has 3 aromatic rings. The number of halogens is 1. The second-order valence-electron chi connectivity index (χ2n) is 7.14. The first-order valence-corrected chi connectivity index (χ1v) is 11.8. The van der Waals surface area contributed by atoms with E-state index in [1.54, 1.807) is 66.7 Å². The number of esters is 1. The van der Waals surface area contributed by atoms with E-state index in [1.165, 1.54) is 6.21 Å². The van der Waals surface area contributed by atoms with E-state index < -0.39 is 17.8 Å². The lowest BCUT2D eigenvalue weighted by molar-refractivity contribution is -0.136. The van der Waals surface area contributed by atoms with Gasteiger partial charge >= 0.3 is 17.8 Å². The van der Waals surface area contributed by atoms with Crippen molar-refractivity contribution in [2.75, 3.05) is 18.5 Å². The van der Waals surface area contributed by atoms with Gasteiger partial charge in [-0.05, 0) is 80.6 Å². The SMILES string of the molecule is CCOc1ccc(NC(=O)C(=O)N/N=C/c2cc(Br)ccc2OC(=O)c2ccc(OCC)cc2)cc1. The normalized spacial score (nSPS) is 10.5. The van der Waals surface area contributed by atoms with Crippen LogP contribution in [0.15, 0.2) is 76.3 Å². The van der Waals surface area contributed by atoms with Gasteiger partial charge < -0.3 is 19.5 Å². The molecular formula is C26H24BrN3O6. The zero-order chi connectivity index (χ0) is 25.9. The minimum absolute atomic E-state index is 0.217. The Morgan fingerprint density at radius 2 is 1.47 bits per heavy atom. The predicted molar refractivity (Wildman–Crippen MR) is 139 cm³/mol. The minimum atomic E-state index is -0.969. The van der Waals surface area contributed by atoms with Gasteiger partial charge in [0.05, 0.1) is 25.0 Å². The van der Waals surface area contributed by atoms with Crippen molar-refractivity contribution in [1.82, 2.24) is 5.43 Å². The van der Waals surface area contributed by atoms with E-state index in [0.717, 1.165) is 0 Å². The van der Waals surface area contributed by atoms with Crippen LogP contribution in [0.4, 0.5) is 5.69 Å². The summed E-state index contributed by atoms with van der Waals surface area (Å²) >= 11 is 3.35. The molecule has 0 spiro atoms. The van der Waals surface area contributed by atoms with Crippen LogP contribution in [0.5, 0.6) is 17.2 Å². The monoisotopic (exact) mass is 553 g/mol. The highest BCUT2D eigenvalue weighted by Crippen LogP contribution is 2.23. The average Bonchev–Trinajstić information content (AvgIpc) is 2.87. The van der Waals surface area contributed by atoms with Crippen LogP contribution >= 0.6 is 15.9 Å². The van der Waals surface area contributed by atoms with Gasteiger partial charge in [0, 0.05) is 15.7 Å². The number of ether oxygens (including phenoxy) is 3. The maximum Gasteiger partial charge on any atom is 0.343 e. The summed E-state index contributed by atoms with van der Waals surface area (Å²) in [7, 11) is 0. The zero-order valence-corrected chi connectivity index (χ0v) is 21.2. The molecule has 3 aromatic carbocycles. The van der Waals surface area contributed by atoms with Crippen molar-refractivity contribution in [3.63, 3.8) is 0 Å². The third-order valence-electron chi connectivity index (χ3n) is 4.57. The summed E-state index contributed by atoms with van der Waals surface area (Å²) in [5.41, 5.74) is 3.32. The second-order valence-corrected chi connectivity index (χ2v) is 8.06. The summed E-state index contributed by atoms with van der Waals surface area (Å²) in [5, 5.41) is 6.29. The summed E-state index contributed by atoms with van der Waals surface area (Å²) in [5.74, 6) is -0.927. The van der Waals surface area contributed by atoms with Crippen LogP contribution < -0.4 is 25.0 Å². The van der Waals surface area contributed by atoms with Crippen LogP contribution in [0.3, 0.4) is 0 Å². The van der Waals surface area contributed by atoms with E-state index in [4.69, 9.17) is 14.2 Å². The molecule has 10 heteroatoms. The number of benzene rings is 3. The average molecular weight is 554 g/mol. The summed E-state index contributed by atoms with van der Waals surface area (Å²) in [6, 6.07) is 18.1. The minimum Gasteiger partial charge on any atom is -0.494 e. The number of nitrogens with one attached hydrogen (secondary N) is 2. The Bertz CT molecular complexity index is 1240. The second kappa shape index (κ2) is 13.1. The van der Waals surface area contributed by atoms with Crippen LogP contribution in [0.25, 0.3) is 0 Å². The van der Waals surface area contributed by atoms with Gasteiger partial charge in [0.1, 0.15) is 17.2 Å². The summed E-state index contributed by atoms with van der Waals surface area (Å²) in [4.78, 5) is 36.8. The Morgan fingerprint density at radius 3 is 2.08 bits per heavy atom. The number of hydrogen-bond acceptors (Lipinski definition) is 7. The van der Waals surface area contributed by atoms with E-state index in [9.17, 15) is 14.4 Å². The molecule has 0 fully saturated rings. The van der Waals surface area contributed by atoms with Gasteiger partial charge in [-0.3, -0.25) is 9.59 Å². The van der Waals surface area contributed by atoms with Crippen molar-refractivity contribution in [2.45, 2.75) is 13.8 Å². The molecule has 2 N–H and O–H groups in total. The fraction of sp³-hybridized carbons (Fsp3) is 0.154. The fourth-order valence-electron chi connectivity index (χ4n) is 2.93. The van der Waals surface area contributed by atoms with E-state index in [1.807, 2.05) is 13.8 Å². The first-order valence-electron chi connectivity index (χ1n) is 11.0. The Labute approximate surface area is 216 Å². The maximum absolute atomic E-state index is 12.6. The predicted octanol–water partition coefficient (Wildman–Crippen LogP) is 4.55. The van der Waals surface area contributed by atoms with Crippen LogP contribution in [0.1, 0.15) is 29.8 Å². The van der Waals surface area contributed by atoms with Crippen LogP contribution in [-0.2, 0) is 9.59 Å². The van der Waals surface area contributed by atoms with Crippen LogP contribution in [-0.4, -0.2) is 37.2 Å². The Hall–Kier alpha value is -4.18. The lowest BCUT2D eigenvalue weighted by atomic mass is 10.2. The van der Waals surface area contributed by atoms with Gasteiger partial charge in [-0.15, -0.1) is 0 Å². The van der Waals surface area contributed by atoms with E-state index in [2.05, 4.69) is 31.8 Å². The standard InChI is InChI=1S/C26H24BrN3O6/c1-3-34-21-10-5-17(6-11-21)26(33)36-23-14-7-19(27)15-18(23)16-28-30-25(32)24(31)29-20-8-12-22(13-9-20)35-4-2/h5-16H,3-4H2,1-2H3,(H,29,31)(H,30,32)/b28-16+. The summed E-state index contributed by atoms with van der Waals surface area (Å²) in [6.07, 6.45) is 1.27. The van der Waals surface area contributed by atoms with E-state index in [-0.39, 0.29) is 5.75 Å². The van der Waals surface area contributed by atoms with Gasteiger partial charge in [-0.1, -0.05) is 15.9 Å². The van der Waals surface area contributed by atoms with E-state index in [0.29, 0.717) is 46.0 Å². The first kappa shape index (κ1) is 26.4. The quantitative estimate of drug-likeness (QED) is 0.132. The molecule has 0 saturated heterocycles. The number of nitrogens with zero attached hydrogens (tertiary/aromatic N) is 1. The molecule has 0 atom stereocenters. The molecule has 0 aromatic heterocycles. The number of anilines is 1. The molecule has 0 unspecified atom stereocenters. The van der Waals surface area contributed by atoms with Crippen molar-refractivity contribution >= 4 is 45.6 Å². The molecule has 0 radical (unpaired) electrons. The largest absolute Gasteiger partial charge is 0.494 e. The first-order chi connectivity index (χ1) is 17.4.